The molecule has 0 bridgehead atoms. The number of imidazole rings is 1. The zero-order valence-electron chi connectivity index (χ0n) is 9.56. The molecule has 3 N–H and O–H groups in total. The van der Waals surface area contributed by atoms with Gasteiger partial charge in [-0.05, 0) is 6.92 Å². The number of thiazole rings is 1. The van der Waals surface area contributed by atoms with Crippen molar-refractivity contribution >= 4 is 48.6 Å². The van der Waals surface area contributed by atoms with E-state index in [2.05, 4.69) is 19.9 Å². The second-order valence-corrected chi connectivity index (χ2v) is 7.24. The summed E-state index contributed by atoms with van der Waals surface area (Å²) in [5.74, 6) is -0.0411. The van der Waals surface area contributed by atoms with Crippen molar-refractivity contribution in [1.82, 2.24) is 19.6 Å². The van der Waals surface area contributed by atoms with E-state index in [1.807, 2.05) is 0 Å². The molecule has 0 unspecified atom stereocenters. The van der Waals surface area contributed by atoms with Gasteiger partial charge in [0.25, 0.3) is 10.0 Å². The van der Waals surface area contributed by atoms with E-state index in [4.69, 9.17) is 5.73 Å². The summed E-state index contributed by atoms with van der Waals surface area (Å²) in [4.78, 5) is 4.51. The van der Waals surface area contributed by atoms with Gasteiger partial charge in [0.15, 0.2) is 10.8 Å². The van der Waals surface area contributed by atoms with Crippen molar-refractivity contribution in [2.75, 3.05) is 10.5 Å². The number of anilines is 2. The molecular weight excluding hydrogens is 308 g/mol. The summed E-state index contributed by atoms with van der Waals surface area (Å²) in [6.07, 6.45) is 1.60. The van der Waals surface area contributed by atoms with Crippen LogP contribution in [0, 0.1) is 6.92 Å². The predicted molar refractivity (Wildman–Crippen MR) is 72.9 cm³/mol. The third-order valence-electron chi connectivity index (χ3n) is 2.25. The molecule has 0 fully saturated rings. The number of nitrogens with one attached hydrogen (secondary N) is 1. The quantitative estimate of drug-likeness (QED) is 0.743. The first-order valence-corrected chi connectivity index (χ1v) is 8.19. The molecule has 19 heavy (non-hydrogen) atoms. The van der Waals surface area contributed by atoms with Crippen molar-refractivity contribution in [3.8, 4) is 0 Å². The van der Waals surface area contributed by atoms with Gasteiger partial charge in [0.2, 0.25) is 10.2 Å². The van der Waals surface area contributed by atoms with Gasteiger partial charge >= 0.3 is 0 Å². The van der Waals surface area contributed by atoms with Gasteiger partial charge in [-0.25, -0.2) is 4.98 Å². The lowest BCUT2D eigenvalue weighted by Crippen LogP contribution is -2.16. The molecule has 0 saturated heterocycles. The standard InChI is InChI=1S/C8H8N6O2S3/c1-4-11-12-7(18-4)13-19(15,16)6-5(9)10-8-14(6)2-3-17-8/h2-3H,9H2,1H3,(H,12,13). The van der Waals surface area contributed by atoms with Gasteiger partial charge in [0.1, 0.15) is 5.01 Å². The first-order valence-electron chi connectivity index (χ1n) is 5.01. The Morgan fingerprint density at radius 1 is 1.42 bits per heavy atom. The van der Waals surface area contributed by atoms with Crippen LogP contribution >= 0.6 is 22.7 Å². The first kappa shape index (κ1) is 12.3. The second-order valence-electron chi connectivity index (χ2n) is 3.59. The van der Waals surface area contributed by atoms with E-state index in [0.717, 1.165) is 11.3 Å². The monoisotopic (exact) mass is 316 g/mol. The molecule has 0 radical (unpaired) electrons. The van der Waals surface area contributed by atoms with Gasteiger partial charge < -0.3 is 5.73 Å². The molecule has 0 saturated carbocycles. The summed E-state index contributed by atoms with van der Waals surface area (Å²) in [5, 5.41) is 9.97. The van der Waals surface area contributed by atoms with Crippen LogP contribution < -0.4 is 10.5 Å². The molecule has 11 heteroatoms. The van der Waals surface area contributed by atoms with Crippen LogP contribution in [0.5, 0.6) is 0 Å². The van der Waals surface area contributed by atoms with Crippen molar-refractivity contribution < 1.29 is 8.42 Å². The Morgan fingerprint density at radius 3 is 2.89 bits per heavy atom. The minimum atomic E-state index is -3.84. The maximum Gasteiger partial charge on any atom is 0.283 e. The number of nitrogens with two attached hydrogens (primary N) is 1. The van der Waals surface area contributed by atoms with Gasteiger partial charge in [-0.1, -0.05) is 11.3 Å². The number of nitrogens with zero attached hydrogens (tertiary/aromatic N) is 4. The minimum Gasteiger partial charge on any atom is -0.381 e. The summed E-state index contributed by atoms with van der Waals surface area (Å²) in [6, 6.07) is 0. The van der Waals surface area contributed by atoms with Crippen molar-refractivity contribution in [3.63, 3.8) is 0 Å². The van der Waals surface area contributed by atoms with E-state index in [9.17, 15) is 8.42 Å². The summed E-state index contributed by atoms with van der Waals surface area (Å²) in [6.45, 7) is 1.74. The number of hydrogen-bond acceptors (Lipinski definition) is 8. The van der Waals surface area contributed by atoms with Crippen LogP contribution in [0.2, 0.25) is 0 Å². The van der Waals surface area contributed by atoms with Gasteiger partial charge in [-0.2, -0.15) is 8.42 Å². The molecule has 3 heterocycles. The van der Waals surface area contributed by atoms with E-state index in [1.54, 1.807) is 18.5 Å². The largest absolute Gasteiger partial charge is 0.381 e. The SMILES string of the molecule is Cc1nnc(NS(=O)(=O)c2c(N)nc3sccn23)s1. The molecule has 0 aliphatic rings. The van der Waals surface area contributed by atoms with Crippen molar-refractivity contribution in [3.05, 3.63) is 16.6 Å². The Labute approximate surface area is 116 Å². The summed E-state index contributed by atoms with van der Waals surface area (Å²) in [5.41, 5.74) is 5.67. The lowest BCUT2D eigenvalue weighted by atomic mass is 10.8. The number of aromatic nitrogens is 4. The Morgan fingerprint density at radius 2 is 2.21 bits per heavy atom. The number of sulfonamides is 1. The third kappa shape index (κ3) is 2.05. The molecule has 100 valence electrons. The summed E-state index contributed by atoms with van der Waals surface area (Å²) < 4.78 is 28.4. The highest BCUT2D eigenvalue weighted by Gasteiger charge is 2.25. The van der Waals surface area contributed by atoms with Crippen LogP contribution in [0.25, 0.3) is 4.96 Å². The zero-order chi connectivity index (χ0) is 13.6. The van der Waals surface area contributed by atoms with E-state index >= 15 is 0 Å². The topological polar surface area (TPSA) is 115 Å². The van der Waals surface area contributed by atoms with E-state index in [0.29, 0.717) is 9.97 Å². The highest BCUT2D eigenvalue weighted by Crippen LogP contribution is 2.26. The van der Waals surface area contributed by atoms with E-state index < -0.39 is 10.0 Å². The van der Waals surface area contributed by atoms with E-state index in [1.165, 1.54) is 15.7 Å². The van der Waals surface area contributed by atoms with Crippen LogP contribution in [-0.4, -0.2) is 28.0 Å². The van der Waals surface area contributed by atoms with Gasteiger partial charge in [-0.15, -0.1) is 21.5 Å². The highest BCUT2D eigenvalue weighted by atomic mass is 32.2. The van der Waals surface area contributed by atoms with Crippen molar-refractivity contribution in [1.29, 1.82) is 0 Å². The molecular formula is C8H8N6O2S3. The molecule has 3 rings (SSSR count). The van der Waals surface area contributed by atoms with Gasteiger partial charge in [0, 0.05) is 11.6 Å². The van der Waals surface area contributed by atoms with Gasteiger partial charge in [-0.3, -0.25) is 9.12 Å². The molecule has 0 atom stereocenters. The van der Waals surface area contributed by atoms with Crippen LogP contribution in [0.15, 0.2) is 16.6 Å². The molecule has 8 nitrogen and oxygen atoms in total. The molecule has 0 aliphatic heterocycles. The summed E-state index contributed by atoms with van der Waals surface area (Å²) in [7, 11) is -3.84. The maximum absolute atomic E-state index is 12.3. The second kappa shape index (κ2) is 4.15. The molecule has 0 aromatic carbocycles. The predicted octanol–water partition coefficient (Wildman–Crippen LogP) is 0.939. The van der Waals surface area contributed by atoms with Crippen molar-refractivity contribution in [2.24, 2.45) is 0 Å². The lowest BCUT2D eigenvalue weighted by molar-refractivity contribution is 0.597. The normalized spacial score (nSPS) is 12.1. The lowest BCUT2D eigenvalue weighted by Gasteiger charge is -2.03. The molecule has 0 aliphatic carbocycles. The van der Waals surface area contributed by atoms with Crippen LogP contribution in [-0.2, 0) is 10.0 Å². The smallest absolute Gasteiger partial charge is 0.283 e. The fourth-order valence-electron chi connectivity index (χ4n) is 1.55. The molecule has 0 amide bonds. The number of aryl methyl sites for hydroxylation is 1. The summed E-state index contributed by atoms with van der Waals surface area (Å²) >= 11 is 2.45. The van der Waals surface area contributed by atoms with Crippen molar-refractivity contribution in [2.45, 2.75) is 11.9 Å². The van der Waals surface area contributed by atoms with Crippen LogP contribution in [0.1, 0.15) is 5.01 Å². The number of hydrogen-bond donors (Lipinski definition) is 2. The Bertz CT molecular complexity index is 845. The average Bonchev–Trinajstić information content (AvgIpc) is 2.93. The first-order chi connectivity index (χ1) is 8.97. The Hall–Kier alpha value is -1.72. The van der Waals surface area contributed by atoms with Gasteiger partial charge in [0.05, 0.1) is 0 Å². The fraction of sp³-hybridized carbons (Fsp3) is 0.125. The zero-order valence-corrected chi connectivity index (χ0v) is 12.0. The molecule has 3 aromatic rings. The highest BCUT2D eigenvalue weighted by molar-refractivity contribution is 7.93. The van der Waals surface area contributed by atoms with Crippen LogP contribution in [0.3, 0.4) is 0 Å². The number of rotatable bonds is 3. The maximum atomic E-state index is 12.3. The number of fused-ring (bicyclic) bond motifs is 1. The third-order valence-corrected chi connectivity index (χ3v) is 5.26. The number of nitrogen functional groups attached to an aromatic ring is 1. The fourth-order valence-corrected chi connectivity index (χ4v) is 4.36. The molecule has 0 spiro atoms. The average molecular weight is 316 g/mol. The Kier molecular flexibility index (Phi) is 2.69. The van der Waals surface area contributed by atoms with E-state index in [-0.39, 0.29) is 16.0 Å². The Balaban J connectivity index is 2.09. The van der Waals surface area contributed by atoms with Crippen LogP contribution in [0.4, 0.5) is 10.9 Å². The minimum absolute atomic E-state index is 0.0411. The molecule has 3 aromatic heterocycles.